The van der Waals surface area contributed by atoms with E-state index in [9.17, 15) is 9.59 Å². The highest BCUT2D eigenvalue weighted by Crippen LogP contribution is 2.22. The second-order valence-corrected chi connectivity index (χ2v) is 4.79. The molecule has 1 unspecified atom stereocenters. The van der Waals surface area contributed by atoms with Gasteiger partial charge in [0, 0.05) is 11.0 Å². The molecule has 1 aromatic heterocycles. The first-order chi connectivity index (χ1) is 7.49. The van der Waals surface area contributed by atoms with Crippen LogP contribution in [0.1, 0.15) is 11.8 Å². The summed E-state index contributed by atoms with van der Waals surface area (Å²) >= 11 is 7.05. The number of nitrogens with one attached hydrogen (secondary N) is 1. The molecule has 0 saturated carbocycles. The van der Waals surface area contributed by atoms with E-state index < -0.39 is 17.9 Å². The molecule has 16 heavy (non-hydrogen) atoms. The molecule has 0 aliphatic heterocycles. The highest BCUT2D eigenvalue weighted by atomic mass is 35.5. The predicted molar refractivity (Wildman–Crippen MR) is 63.6 cm³/mol. The molecule has 0 aliphatic carbocycles. The Morgan fingerprint density at radius 1 is 1.56 bits per heavy atom. The summed E-state index contributed by atoms with van der Waals surface area (Å²) in [5.41, 5.74) is 0. The molecule has 0 bridgehead atoms. The van der Waals surface area contributed by atoms with Crippen LogP contribution >= 0.6 is 22.9 Å². The van der Waals surface area contributed by atoms with Crippen LogP contribution in [0.3, 0.4) is 0 Å². The summed E-state index contributed by atoms with van der Waals surface area (Å²) in [5.74, 6) is -1.51. The maximum absolute atomic E-state index is 11.2. The second kappa shape index (κ2) is 5.67. The van der Waals surface area contributed by atoms with E-state index in [4.69, 9.17) is 16.7 Å². The van der Waals surface area contributed by atoms with E-state index >= 15 is 0 Å². The number of halogens is 1. The van der Waals surface area contributed by atoms with Crippen LogP contribution < -0.4 is 5.32 Å². The number of carbonyl (C=O) groups is 2. The normalized spacial score (nSPS) is 12.6. The van der Waals surface area contributed by atoms with E-state index in [1.165, 1.54) is 24.3 Å². The molecule has 1 amide bonds. The summed E-state index contributed by atoms with van der Waals surface area (Å²) in [7, 11) is 0. The fourth-order valence-electron chi connectivity index (χ4n) is 0.899. The van der Waals surface area contributed by atoms with E-state index in [0.29, 0.717) is 4.34 Å². The molecule has 0 fully saturated rings. The molecule has 1 atom stereocenters. The first-order valence-electron chi connectivity index (χ1n) is 4.46. The molecule has 6 heteroatoms. The third kappa shape index (κ3) is 4.04. The van der Waals surface area contributed by atoms with Crippen LogP contribution in [-0.2, 0) is 9.59 Å². The molecule has 0 aromatic carbocycles. The number of carboxylic acids is 1. The first kappa shape index (κ1) is 12.7. The molecular formula is C10H10ClNO3S. The fraction of sp³-hybridized carbons (Fsp3) is 0.200. The van der Waals surface area contributed by atoms with Gasteiger partial charge in [0.1, 0.15) is 6.04 Å². The predicted octanol–water partition coefficient (Wildman–Crippen LogP) is 2.00. The minimum absolute atomic E-state index is 0.445. The molecule has 1 rings (SSSR count). The lowest BCUT2D eigenvalue weighted by Crippen LogP contribution is -2.37. The topological polar surface area (TPSA) is 66.4 Å². The van der Waals surface area contributed by atoms with Crippen LogP contribution in [0.5, 0.6) is 0 Å². The molecule has 1 aromatic rings. The van der Waals surface area contributed by atoms with Crippen LogP contribution in [0.25, 0.3) is 6.08 Å². The Kier molecular flexibility index (Phi) is 4.52. The standard InChI is InChI=1S/C10H10ClNO3S/c1-6(10(14)15)12-9(13)5-3-7-2-4-8(11)16-7/h2-6H,1H3,(H,12,13)(H,14,15)/b5-3+. The molecule has 4 nitrogen and oxygen atoms in total. The Balaban J connectivity index is 2.51. The van der Waals surface area contributed by atoms with Gasteiger partial charge in [0.25, 0.3) is 0 Å². The zero-order chi connectivity index (χ0) is 12.1. The van der Waals surface area contributed by atoms with E-state index in [1.54, 1.807) is 18.2 Å². The van der Waals surface area contributed by atoms with Crippen molar-refractivity contribution >= 4 is 40.9 Å². The SMILES string of the molecule is CC(NC(=O)/C=C/c1ccc(Cl)s1)C(=O)O. The monoisotopic (exact) mass is 259 g/mol. The zero-order valence-corrected chi connectivity index (χ0v) is 10.0. The number of thiophene rings is 1. The summed E-state index contributed by atoms with van der Waals surface area (Å²) in [6, 6.07) is 2.60. The number of carbonyl (C=O) groups excluding carboxylic acids is 1. The maximum atomic E-state index is 11.2. The lowest BCUT2D eigenvalue weighted by Gasteiger charge is -2.05. The zero-order valence-electron chi connectivity index (χ0n) is 8.44. The highest BCUT2D eigenvalue weighted by Gasteiger charge is 2.11. The van der Waals surface area contributed by atoms with Crippen LogP contribution in [0, 0.1) is 0 Å². The lowest BCUT2D eigenvalue weighted by molar-refractivity contribution is -0.140. The summed E-state index contributed by atoms with van der Waals surface area (Å²) < 4.78 is 0.638. The van der Waals surface area contributed by atoms with Gasteiger partial charge in [-0.25, -0.2) is 0 Å². The van der Waals surface area contributed by atoms with E-state index in [0.717, 1.165) is 4.88 Å². The van der Waals surface area contributed by atoms with Gasteiger partial charge in [-0.2, -0.15) is 0 Å². The number of hydrogen-bond acceptors (Lipinski definition) is 3. The summed E-state index contributed by atoms with van der Waals surface area (Å²) in [5, 5.41) is 10.9. The highest BCUT2D eigenvalue weighted by molar-refractivity contribution is 7.17. The van der Waals surface area contributed by atoms with Crippen molar-refractivity contribution in [1.82, 2.24) is 5.32 Å². The van der Waals surface area contributed by atoms with Crippen molar-refractivity contribution in [1.29, 1.82) is 0 Å². The number of carboxylic acid groups (broad SMARTS) is 1. The van der Waals surface area contributed by atoms with Gasteiger partial charge in [-0.15, -0.1) is 11.3 Å². The van der Waals surface area contributed by atoms with Crippen LogP contribution in [-0.4, -0.2) is 23.0 Å². The molecule has 1 heterocycles. The molecule has 0 aliphatic rings. The van der Waals surface area contributed by atoms with Crippen molar-refractivity contribution < 1.29 is 14.7 Å². The molecular weight excluding hydrogens is 250 g/mol. The third-order valence-corrected chi connectivity index (χ3v) is 2.92. The van der Waals surface area contributed by atoms with Gasteiger partial charge in [-0.05, 0) is 25.1 Å². The van der Waals surface area contributed by atoms with E-state index in [1.807, 2.05) is 0 Å². The Morgan fingerprint density at radius 3 is 2.75 bits per heavy atom. The number of rotatable bonds is 4. The summed E-state index contributed by atoms with van der Waals surface area (Å²) in [4.78, 5) is 22.5. The second-order valence-electron chi connectivity index (χ2n) is 3.04. The summed E-state index contributed by atoms with van der Waals surface area (Å²) in [6.45, 7) is 1.40. The van der Waals surface area contributed by atoms with Gasteiger partial charge in [0.15, 0.2) is 0 Å². The van der Waals surface area contributed by atoms with Crippen molar-refractivity contribution in [2.75, 3.05) is 0 Å². The van der Waals surface area contributed by atoms with Crippen molar-refractivity contribution in [2.24, 2.45) is 0 Å². The van der Waals surface area contributed by atoms with Gasteiger partial charge in [0.2, 0.25) is 5.91 Å². The van der Waals surface area contributed by atoms with Crippen molar-refractivity contribution in [3.63, 3.8) is 0 Å². The molecule has 0 spiro atoms. The maximum Gasteiger partial charge on any atom is 0.325 e. The van der Waals surface area contributed by atoms with Gasteiger partial charge in [-0.3, -0.25) is 9.59 Å². The molecule has 0 saturated heterocycles. The smallest absolute Gasteiger partial charge is 0.325 e. The Bertz CT molecular complexity index is 427. The lowest BCUT2D eigenvalue weighted by atomic mass is 10.3. The molecule has 2 N–H and O–H groups in total. The Hall–Kier alpha value is -1.33. The third-order valence-electron chi connectivity index (χ3n) is 1.72. The van der Waals surface area contributed by atoms with Crippen LogP contribution in [0.4, 0.5) is 0 Å². The average Bonchev–Trinajstić information content (AvgIpc) is 2.61. The number of aliphatic carboxylic acids is 1. The van der Waals surface area contributed by atoms with Gasteiger partial charge < -0.3 is 10.4 Å². The largest absolute Gasteiger partial charge is 0.480 e. The average molecular weight is 260 g/mol. The van der Waals surface area contributed by atoms with Crippen molar-refractivity contribution in [3.8, 4) is 0 Å². The van der Waals surface area contributed by atoms with E-state index in [2.05, 4.69) is 5.32 Å². The van der Waals surface area contributed by atoms with E-state index in [-0.39, 0.29) is 0 Å². The number of hydrogen-bond donors (Lipinski definition) is 2. The molecule has 86 valence electrons. The van der Waals surface area contributed by atoms with Gasteiger partial charge in [0.05, 0.1) is 4.34 Å². The first-order valence-corrected chi connectivity index (χ1v) is 5.65. The minimum atomic E-state index is -1.07. The van der Waals surface area contributed by atoms with Crippen LogP contribution in [0.2, 0.25) is 4.34 Å². The van der Waals surface area contributed by atoms with Gasteiger partial charge in [-0.1, -0.05) is 11.6 Å². The van der Waals surface area contributed by atoms with Crippen molar-refractivity contribution in [2.45, 2.75) is 13.0 Å². The number of amides is 1. The Morgan fingerprint density at radius 2 is 2.25 bits per heavy atom. The quantitative estimate of drug-likeness (QED) is 0.813. The minimum Gasteiger partial charge on any atom is -0.480 e. The summed E-state index contributed by atoms with van der Waals surface area (Å²) in [6.07, 6.45) is 2.86. The van der Waals surface area contributed by atoms with Crippen LogP contribution in [0.15, 0.2) is 18.2 Å². The Labute approximate surface area is 102 Å². The van der Waals surface area contributed by atoms with Gasteiger partial charge >= 0.3 is 5.97 Å². The molecule has 0 radical (unpaired) electrons. The fourth-order valence-corrected chi connectivity index (χ4v) is 1.86. The van der Waals surface area contributed by atoms with Crippen molar-refractivity contribution in [3.05, 3.63) is 27.4 Å².